The lowest BCUT2D eigenvalue weighted by molar-refractivity contribution is -0.384. The van der Waals surface area contributed by atoms with Crippen LogP contribution in [0.25, 0.3) is 0 Å². The lowest BCUT2D eigenvalue weighted by atomic mass is 10.2. The Kier molecular flexibility index (Phi) is 6.88. The standard InChI is InChI=1S/C8H8BrNO.C7H6N2O3/c1-10-8(11)6-2-4-7(9)5-3-6;8-4-5-3-6(9(11)12)1-2-7(5)10/h2-5H,1H3,(H,10,11);1-4,8,10H. The molecule has 0 radical (unpaired) electrons. The van der Waals surface area contributed by atoms with Crippen LogP contribution >= 0.6 is 15.9 Å². The van der Waals surface area contributed by atoms with E-state index in [1.165, 1.54) is 12.1 Å². The Hall–Kier alpha value is -2.74. The van der Waals surface area contributed by atoms with Gasteiger partial charge in [-0.3, -0.25) is 14.9 Å². The summed E-state index contributed by atoms with van der Waals surface area (Å²) in [5.74, 6) is -0.187. The molecule has 120 valence electrons. The quantitative estimate of drug-likeness (QED) is 0.431. The highest BCUT2D eigenvalue weighted by Crippen LogP contribution is 2.20. The molecule has 2 aromatic rings. The molecule has 0 saturated heterocycles. The van der Waals surface area contributed by atoms with Gasteiger partial charge < -0.3 is 15.8 Å². The second-order valence-corrected chi connectivity index (χ2v) is 5.15. The van der Waals surface area contributed by atoms with Gasteiger partial charge in [0.15, 0.2) is 0 Å². The Morgan fingerprint density at radius 3 is 2.39 bits per heavy atom. The van der Waals surface area contributed by atoms with Crippen molar-refractivity contribution in [3.8, 4) is 5.75 Å². The van der Waals surface area contributed by atoms with Gasteiger partial charge in [0.1, 0.15) is 5.75 Å². The van der Waals surface area contributed by atoms with Crippen LogP contribution in [0.3, 0.4) is 0 Å². The Labute approximate surface area is 140 Å². The first kappa shape index (κ1) is 18.3. The van der Waals surface area contributed by atoms with E-state index in [-0.39, 0.29) is 22.9 Å². The average molecular weight is 380 g/mol. The van der Waals surface area contributed by atoms with E-state index in [2.05, 4.69) is 21.2 Å². The van der Waals surface area contributed by atoms with Crippen LogP contribution in [0.2, 0.25) is 0 Å². The van der Waals surface area contributed by atoms with Crippen molar-refractivity contribution in [2.45, 2.75) is 0 Å². The second kappa shape index (κ2) is 8.64. The van der Waals surface area contributed by atoms with Crippen molar-refractivity contribution in [3.05, 3.63) is 68.2 Å². The summed E-state index contributed by atoms with van der Waals surface area (Å²) in [7, 11) is 1.62. The number of hydrogen-bond acceptors (Lipinski definition) is 5. The van der Waals surface area contributed by atoms with Crippen LogP contribution in [0.15, 0.2) is 46.9 Å². The molecule has 0 bridgehead atoms. The molecule has 2 rings (SSSR count). The molecule has 0 aliphatic carbocycles. The highest BCUT2D eigenvalue weighted by molar-refractivity contribution is 9.10. The van der Waals surface area contributed by atoms with Crippen molar-refractivity contribution in [2.75, 3.05) is 7.05 Å². The molecule has 2 aromatic carbocycles. The van der Waals surface area contributed by atoms with Crippen LogP contribution in [-0.4, -0.2) is 29.2 Å². The Morgan fingerprint density at radius 1 is 1.30 bits per heavy atom. The van der Waals surface area contributed by atoms with E-state index in [1.54, 1.807) is 19.2 Å². The van der Waals surface area contributed by atoms with E-state index in [1.807, 2.05) is 12.1 Å². The molecule has 1 amide bonds. The maximum Gasteiger partial charge on any atom is 0.270 e. The topological polar surface area (TPSA) is 116 Å². The molecule has 0 aliphatic heterocycles. The first-order valence-electron chi connectivity index (χ1n) is 6.34. The Balaban J connectivity index is 0.000000231. The minimum absolute atomic E-state index is 0.0579. The van der Waals surface area contributed by atoms with E-state index in [0.717, 1.165) is 16.8 Å². The maximum atomic E-state index is 11.0. The summed E-state index contributed by atoms with van der Waals surface area (Å²) in [5.41, 5.74) is 0.686. The number of halogens is 1. The third kappa shape index (κ3) is 5.51. The lowest BCUT2D eigenvalue weighted by Crippen LogP contribution is -2.17. The summed E-state index contributed by atoms with van der Waals surface area (Å²) in [6.07, 6.45) is 0.863. The Bertz CT molecular complexity index is 717. The van der Waals surface area contributed by atoms with E-state index in [0.29, 0.717) is 5.56 Å². The summed E-state index contributed by atoms with van der Waals surface area (Å²) in [6, 6.07) is 10.7. The highest BCUT2D eigenvalue weighted by atomic mass is 79.9. The predicted octanol–water partition coefficient (Wildman–Crippen LogP) is 3.11. The van der Waals surface area contributed by atoms with Crippen LogP contribution in [-0.2, 0) is 0 Å². The van der Waals surface area contributed by atoms with Crippen molar-refractivity contribution < 1.29 is 14.8 Å². The number of carbonyl (C=O) groups is 1. The van der Waals surface area contributed by atoms with Gasteiger partial charge in [0, 0.05) is 41.0 Å². The van der Waals surface area contributed by atoms with Crippen LogP contribution < -0.4 is 5.32 Å². The van der Waals surface area contributed by atoms with Crippen molar-refractivity contribution in [2.24, 2.45) is 0 Å². The van der Waals surface area contributed by atoms with Crippen molar-refractivity contribution in [3.63, 3.8) is 0 Å². The molecule has 0 spiro atoms. The summed E-state index contributed by atoms with van der Waals surface area (Å²) in [5, 5.41) is 28.6. The van der Waals surface area contributed by atoms with Gasteiger partial charge >= 0.3 is 0 Å². The highest BCUT2D eigenvalue weighted by Gasteiger charge is 2.07. The average Bonchev–Trinajstić information content (AvgIpc) is 2.55. The fraction of sp³-hybridized carbons (Fsp3) is 0.0667. The molecule has 0 atom stereocenters. The number of phenolic OH excluding ortho intramolecular Hbond substituents is 1. The third-order valence-corrected chi connectivity index (χ3v) is 3.24. The monoisotopic (exact) mass is 379 g/mol. The van der Waals surface area contributed by atoms with Gasteiger partial charge in [0.25, 0.3) is 11.6 Å². The van der Waals surface area contributed by atoms with E-state index >= 15 is 0 Å². The number of nitrogens with zero attached hydrogens (tertiary/aromatic N) is 1. The largest absolute Gasteiger partial charge is 0.507 e. The van der Waals surface area contributed by atoms with Gasteiger partial charge in [-0.05, 0) is 30.3 Å². The Morgan fingerprint density at radius 2 is 1.91 bits per heavy atom. The lowest BCUT2D eigenvalue weighted by Gasteiger charge is -1.97. The van der Waals surface area contributed by atoms with Crippen molar-refractivity contribution in [1.29, 1.82) is 5.41 Å². The van der Waals surface area contributed by atoms with Gasteiger partial charge in [-0.1, -0.05) is 15.9 Å². The summed E-state index contributed by atoms with van der Waals surface area (Å²) in [4.78, 5) is 20.7. The summed E-state index contributed by atoms with van der Waals surface area (Å²) >= 11 is 3.28. The normalized spacial score (nSPS) is 9.30. The minimum Gasteiger partial charge on any atom is -0.507 e. The molecule has 3 N–H and O–H groups in total. The first-order chi connectivity index (χ1) is 10.9. The number of phenols is 1. The maximum absolute atomic E-state index is 11.0. The van der Waals surface area contributed by atoms with Crippen LogP contribution in [0.4, 0.5) is 5.69 Å². The SMILES string of the molecule is CNC(=O)c1ccc(Br)cc1.N=Cc1cc([N+](=O)[O-])ccc1O. The van der Waals surface area contributed by atoms with E-state index < -0.39 is 4.92 Å². The molecule has 0 heterocycles. The number of rotatable bonds is 3. The van der Waals surface area contributed by atoms with Gasteiger partial charge in [-0.2, -0.15) is 0 Å². The minimum atomic E-state index is -0.577. The number of carbonyl (C=O) groups excluding carboxylic acids is 1. The number of hydrogen-bond donors (Lipinski definition) is 3. The molecule has 0 saturated carbocycles. The zero-order valence-electron chi connectivity index (χ0n) is 12.1. The summed E-state index contributed by atoms with van der Waals surface area (Å²) in [6.45, 7) is 0. The van der Waals surface area contributed by atoms with Crippen molar-refractivity contribution in [1.82, 2.24) is 5.32 Å². The molecule has 0 aliphatic rings. The van der Waals surface area contributed by atoms with E-state index in [9.17, 15) is 14.9 Å². The number of nitro benzene ring substituents is 1. The van der Waals surface area contributed by atoms with Crippen LogP contribution in [0.5, 0.6) is 5.75 Å². The molecule has 0 fully saturated rings. The molecule has 23 heavy (non-hydrogen) atoms. The van der Waals surface area contributed by atoms with Gasteiger partial charge in [-0.25, -0.2) is 0 Å². The first-order valence-corrected chi connectivity index (χ1v) is 7.14. The van der Waals surface area contributed by atoms with Gasteiger partial charge in [0.2, 0.25) is 0 Å². The fourth-order valence-corrected chi connectivity index (χ4v) is 1.78. The molecular formula is C15H14BrN3O4. The number of nitro groups is 1. The molecule has 8 heteroatoms. The predicted molar refractivity (Wildman–Crippen MR) is 90.2 cm³/mol. The van der Waals surface area contributed by atoms with Crippen LogP contribution in [0.1, 0.15) is 15.9 Å². The number of benzene rings is 2. The second-order valence-electron chi connectivity index (χ2n) is 4.23. The third-order valence-electron chi connectivity index (χ3n) is 2.71. The summed E-state index contributed by atoms with van der Waals surface area (Å²) < 4.78 is 0.977. The number of amides is 1. The zero-order valence-corrected chi connectivity index (χ0v) is 13.7. The number of aromatic hydroxyl groups is 1. The van der Waals surface area contributed by atoms with Crippen molar-refractivity contribution >= 4 is 33.7 Å². The van der Waals surface area contributed by atoms with Gasteiger partial charge in [-0.15, -0.1) is 0 Å². The smallest absolute Gasteiger partial charge is 0.270 e. The number of nitrogens with one attached hydrogen (secondary N) is 2. The van der Waals surface area contributed by atoms with E-state index in [4.69, 9.17) is 10.5 Å². The fourth-order valence-electron chi connectivity index (χ4n) is 1.52. The zero-order chi connectivity index (χ0) is 17.4. The number of non-ortho nitro benzene ring substituents is 1. The molecule has 0 aromatic heterocycles. The van der Waals surface area contributed by atoms with Crippen LogP contribution in [0, 0.1) is 15.5 Å². The van der Waals surface area contributed by atoms with Gasteiger partial charge in [0.05, 0.1) is 4.92 Å². The molecule has 0 unspecified atom stereocenters. The molecule has 7 nitrogen and oxygen atoms in total. The molecular weight excluding hydrogens is 366 g/mol.